The predicted octanol–water partition coefficient (Wildman–Crippen LogP) is 6.19. The van der Waals surface area contributed by atoms with Crippen LogP contribution in [-0.2, 0) is 11.2 Å². The molecule has 0 saturated heterocycles. The Morgan fingerprint density at radius 2 is 1.77 bits per heavy atom. The van der Waals surface area contributed by atoms with Gasteiger partial charge in [-0.2, -0.15) is 4.99 Å². The molecule has 3 aromatic rings. The van der Waals surface area contributed by atoms with Crippen molar-refractivity contribution in [3.63, 3.8) is 0 Å². The lowest BCUT2D eigenvalue weighted by Crippen LogP contribution is -2.38. The van der Waals surface area contributed by atoms with E-state index in [1.807, 2.05) is 84.3 Å². The summed E-state index contributed by atoms with van der Waals surface area (Å²) in [6.07, 6.45) is 4.29. The van der Waals surface area contributed by atoms with E-state index in [0.29, 0.717) is 35.6 Å². The molecule has 0 atom stereocenters. The molecule has 3 aromatic carbocycles. The Morgan fingerprint density at radius 3 is 2.51 bits per heavy atom. The topological polar surface area (TPSA) is 84.2 Å². The molecule has 0 saturated carbocycles. The van der Waals surface area contributed by atoms with E-state index < -0.39 is 5.91 Å². The van der Waals surface area contributed by atoms with Crippen LogP contribution in [0, 0.1) is 5.41 Å². The molecular formula is C31H27N3O4S. The van der Waals surface area contributed by atoms with Gasteiger partial charge in [-0.05, 0) is 53.5 Å². The van der Waals surface area contributed by atoms with Crippen molar-refractivity contribution >= 4 is 40.4 Å². The number of aliphatic imine (C=N–C) groups is 1. The van der Waals surface area contributed by atoms with Crippen molar-refractivity contribution in [1.29, 1.82) is 5.41 Å². The van der Waals surface area contributed by atoms with E-state index in [0.717, 1.165) is 28.8 Å². The average Bonchev–Trinajstić information content (AvgIpc) is 3.39. The number of rotatable bonds is 10. The maximum atomic E-state index is 12.7. The summed E-state index contributed by atoms with van der Waals surface area (Å²) in [4.78, 5) is 18.7. The largest absolute Gasteiger partial charge is 0.493 e. The van der Waals surface area contributed by atoms with Crippen molar-refractivity contribution in [1.82, 2.24) is 4.90 Å². The van der Waals surface area contributed by atoms with Gasteiger partial charge in [0.1, 0.15) is 24.8 Å². The van der Waals surface area contributed by atoms with Crippen LogP contribution in [0.5, 0.6) is 17.2 Å². The van der Waals surface area contributed by atoms with Crippen molar-refractivity contribution in [3.8, 4) is 17.2 Å². The van der Waals surface area contributed by atoms with Crippen molar-refractivity contribution < 1.29 is 19.0 Å². The third-order valence-corrected chi connectivity index (χ3v) is 6.92. The summed E-state index contributed by atoms with van der Waals surface area (Å²) in [5.74, 6) is 1.68. The van der Waals surface area contributed by atoms with Crippen LogP contribution in [0.3, 0.4) is 0 Å². The highest BCUT2D eigenvalue weighted by atomic mass is 32.2. The summed E-state index contributed by atoms with van der Waals surface area (Å²) in [7, 11) is 1.61. The number of hydrogen-bond acceptors (Lipinski definition) is 6. The van der Waals surface area contributed by atoms with E-state index in [1.54, 1.807) is 18.1 Å². The van der Waals surface area contributed by atoms with Gasteiger partial charge < -0.3 is 14.2 Å². The van der Waals surface area contributed by atoms with E-state index in [-0.39, 0.29) is 11.4 Å². The van der Waals surface area contributed by atoms with Gasteiger partial charge in [0.05, 0.1) is 18.4 Å². The molecule has 1 N–H and O–H groups in total. The molecule has 1 amide bonds. The van der Waals surface area contributed by atoms with Gasteiger partial charge in [0.25, 0.3) is 5.91 Å². The molecule has 8 heteroatoms. The van der Waals surface area contributed by atoms with Crippen molar-refractivity contribution in [2.75, 3.05) is 20.3 Å². The van der Waals surface area contributed by atoms with E-state index in [4.69, 9.17) is 19.6 Å². The summed E-state index contributed by atoms with van der Waals surface area (Å²) in [5.41, 5.74) is 3.90. The molecule has 0 spiro atoms. The first-order chi connectivity index (χ1) is 19.1. The van der Waals surface area contributed by atoms with Gasteiger partial charge in [0.15, 0.2) is 16.7 Å². The first-order valence-electron chi connectivity index (χ1n) is 12.4. The maximum absolute atomic E-state index is 12.7. The molecule has 0 unspecified atom stereocenters. The van der Waals surface area contributed by atoms with Gasteiger partial charge in [0.2, 0.25) is 0 Å². The average molecular weight is 538 g/mol. The van der Waals surface area contributed by atoms with Crippen LogP contribution < -0.4 is 14.2 Å². The zero-order valence-corrected chi connectivity index (χ0v) is 22.2. The molecule has 0 radical (unpaired) electrons. The highest BCUT2D eigenvalue weighted by Crippen LogP contribution is 2.37. The standard InChI is InChI=1S/C31H27N3O4S/c1-3-7-21-12-15-27(28(19-21)36-2)38-17-16-37-24-13-10-22(11-14-24)18-25-29(32)34-26(23-8-5-4-6-9-23)20-39-31(34)33-30(25)35/h3-6,8-15,18-20,32H,1,7,16-17H2,2H3/b25-18-,32-29?. The lowest BCUT2D eigenvalue weighted by Gasteiger charge is -2.26. The lowest BCUT2D eigenvalue weighted by atomic mass is 10.1. The molecule has 0 aliphatic carbocycles. The summed E-state index contributed by atoms with van der Waals surface area (Å²) >= 11 is 1.35. The van der Waals surface area contributed by atoms with Crippen LogP contribution in [-0.4, -0.2) is 42.1 Å². The van der Waals surface area contributed by atoms with E-state index in [1.165, 1.54) is 11.8 Å². The SMILES string of the molecule is C=CCc1ccc(OCCOc2ccc(/C=C3/C(=N)N4C(c5ccccc5)=CSC4=NC3=O)cc2)c(OC)c1. The molecule has 7 nitrogen and oxygen atoms in total. The molecule has 2 heterocycles. The van der Waals surface area contributed by atoms with E-state index in [2.05, 4.69) is 11.6 Å². The van der Waals surface area contributed by atoms with Crippen LogP contribution >= 0.6 is 11.8 Å². The van der Waals surface area contributed by atoms with E-state index in [9.17, 15) is 4.79 Å². The molecule has 0 fully saturated rings. The Balaban J connectivity index is 1.20. The Morgan fingerprint density at radius 1 is 1.00 bits per heavy atom. The summed E-state index contributed by atoms with van der Waals surface area (Å²) < 4.78 is 17.1. The van der Waals surface area contributed by atoms with Crippen molar-refractivity contribution in [2.24, 2.45) is 4.99 Å². The maximum Gasteiger partial charge on any atom is 0.283 e. The van der Waals surface area contributed by atoms with Crippen molar-refractivity contribution in [3.05, 3.63) is 113 Å². The minimum Gasteiger partial charge on any atom is -0.493 e. The second-order valence-electron chi connectivity index (χ2n) is 8.67. The first kappa shape index (κ1) is 26.1. The van der Waals surface area contributed by atoms with Gasteiger partial charge in [-0.25, -0.2) is 0 Å². The zero-order valence-electron chi connectivity index (χ0n) is 21.4. The number of nitrogens with zero attached hydrogens (tertiary/aromatic N) is 2. The first-order valence-corrected chi connectivity index (χ1v) is 13.2. The number of methoxy groups -OCH3 is 1. The van der Waals surface area contributed by atoms with Crippen LogP contribution in [0.1, 0.15) is 16.7 Å². The van der Waals surface area contributed by atoms with Crippen LogP contribution in [0.2, 0.25) is 0 Å². The Bertz CT molecular complexity index is 1490. The van der Waals surface area contributed by atoms with E-state index >= 15 is 0 Å². The third-order valence-electron chi connectivity index (χ3n) is 6.09. The van der Waals surface area contributed by atoms with Crippen LogP contribution in [0.4, 0.5) is 0 Å². The molecule has 2 aliphatic rings. The molecular weight excluding hydrogens is 510 g/mol. The molecule has 5 rings (SSSR count). The predicted molar refractivity (Wildman–Crippen MR) is 156 cm³/mol. The summed E-state index contributed by atoms with van der Waals surface area (Å²) in [5, 5.41) is 11.2. The quantitative estimate of drug-likeness (QED) is 0.189. The molecule has 39 heavy (non-hydrogen) atoms. The molecule has 0 bridgehead atoms. The number of carbonyl (C=O) groups is 1. The number of thioether (sulfide) groups is 1. The minimum atomic E-state index is -0.424. The number of amidine groups is 2. The summed E-state index contributed by atoms with van der Waals surface area (Å²) in [6.45, 7) is 4.46. The monoisotopic (exact) mass is 537 g/mol. The minimum absolute atomic E-state index is 0.107. The smallest absolute Gasteiger partial charge is 0.283 e. The molecule has 2 aliphatic heterocycles. The number of fused-ring (bicyclic) bond motifs is 1. The van der Waals surface area contributed by atoms with Gasteiger partial charge in [-0.15, -0.1) is 6.58 Å². The molecule has 0 aromatic heterocycles. The van der Waals surface area contributed by atoms with Gasteiger partial charge in [0, 0.05) is 5.41 Å². The van der Waals surface area contributed by atoms with Gasteiger partial charge in [-0.1, -0.05) is 66.4 Å². The fourth-order valence-electron chi connectivity index (χ4n) is 4.18. The highest BCUT2D eigenvalue weighted by molar-refractivity contribution is 8.17. The number of nitrogens with one attached hydrogen (secondary N) is 1. The van der Waals surface area contributed by atoms with Gasteiger partial charge >= 0.3 is 0 Å². The fourth-order valence-corrected chi connectivity index (χ4v) is 5.07. The fraction of sp³-hybridized carbons (Fsp3) is 0.129. The highest BCUT2D eigenvalue weighted by Gasteiger charge is 2.36. The Kier molecular flexibility index (Phi) is 7.94. The third kappa shape index (κ3) is 5.81. The number of benzene rings is 3. The second kappa shape index (κ2) is 11.9. The Labute approximate surface area is 231 Å². The Hall–Kier alpha value is -4.56. The number of amides is 1. The lowest BCUT2D eigenvalue weighted by molar-refractivity contribution is -0.114. The number of hydrogen-bond donors (Lipinski definition) is 1. The zero-order chi connectivity index (χ0) is 27.2. The van der Waals surface area contributed by atoms with Crippen LogP contribution in [0.15, 0.2) is 101 Å². The number of carbonyl (C=O) groups excluding carboxylic acids is 1. The van der Waals surface area contributed by atoms with Crippen LogP contribution in [0.25, 0.3) is 11.8 Å². The molecule has 196 valence electrons. The summed E-state index contributed by atoms with van der Waals surface area (Å²) in [6, 6.07) is 22.9. The van der Waals surface area contributed by atoms with Crippen molar-refractivity contribution in [2.45, 2.75) is 6.42 Å². The second-order valence-corrected chi connectivity index (χ2v) is 9.51. The van der Waals surface area contributed by atoms with Gasteiger partial charge in [-0.3, -0.25) is 15.1 Å². The normalized spacial score (nSPS) is 15.5. The number of ether oxygens (including phenoxy) is 3. The number of allylic oxidation sites excluding steroid dienone is 1.